The van der Waals surface area contributed by atoms with Crippen LogP contribution in [0, 0.1) is 11.3 Å². The zero-order chi connectivity index (χ0) is 13.4. The van der Waals surface area contributed by atoms with Crippen LogP contribution in [0.4, 0.5) is 0 Å². The van der Waals surface area contributed by atoms with Crippen LogP contribution in [0.25, 0.3) is 0 Å². The highest BCUT2D eigenvalue weighted by atomic mass is 16.5. The number of nitrogens with one attached hydrogen (secondary N) is 1. The summed E-state index contributed by atoms with van der Waals surface area (Å²) in [5, 5.41) is 11.2. The Balaban J connectivity index is 2.26. The Morgan fingerprint density at radius 2 is 2.11 bits per heavy atom. The van der Waals surface area contributed by atoms with Gasteiger partial charge >= 0.3 is 0 Å². The number of amides is 2. The van der Waals surface area contributed by atoms with Crippen molar-refractivity contribution in [3.05, 3.63) is 0 Å². The van der Waals surface area contributed by atoms with Crippen LogP contribution >= 0.6 is 0 Å². The highest BCUT2D eigenvalue weighted by molar-refractivity contribution is 5.78. The lowest BCUT2D eigenvalue weighted by atomic mass is 10.0. The molecule has 6 heteroatoms. The molecule has 100 valence electrons. The molecule has 1 saturated heterocycles. The first-order valence-corrected chi connectivity index (χ1v) is 6.10. The molecule has 0 radical (unpaired) electrons. The molecule has 0 unspecified atom stereocenters. The van der Waals surface area contributed by atoms with Gasteiger partial charge in [0.2, 0.25) is 11.8 Å². The zero-order valence-electron chi connectivity index (χ0n) is 10.6. The molecule has 0 aromatic rings. The summed E-state index contributed by atoms with van der Waals surface area (Å²) < 4.78 is 4.87. The lowest BCUT2D eigenvalue weighted by Gasteiger charge is -2.32. The number of nitrogens with zero attached hydrogens (tertiary/aromatic N) is 2. The summed E-state index contributed by atoms with van der Waals surface area (Å²) in [7, 11) is 1.57. The minimum Gasteiger partial charge on any atom is -0.384 e. The molecule has 1 heterocycles. The molecule has 1 fully saturated rings. The Labute approximate surface area is 107 Å². The lowest BCUT2D eigenvalue weighted by molar-refractivity contribution is -0.133. The van der Waals surface area contributed by atoms with Crippen molar-refractivity contribution in [1.29, 1.82) is 5.26 Å². The average Bonchev–Trinajstić information content (AvgIpc) is 2.37. The normalized spacial score (nSPS) is 16.1. The van der Waals surface area contributed by atoms with Gasteiger partial charge in [-0.05, 0) is 12.8 Å². The predicted octanol–water partition coefficient (Wildman–Crippen LogP) is 0.0438. The van der Waals surface area contributed by atoms with E-state index in [-0.39, 0.29) is 24.3 Å². The van der Waals surface area contributed by atoms with Gasteiger partial charge in [-0.3, -0.25) is 9.59 Å². The first-order valence-electron chi connectivity index (χ1n) is 6.10. The molecule has 6 nitrogen and oxygen atoms in total. The minimum atomic E-state index is -0.235. The first-order chi connectivity index (χ1) is 8.67. The van der Waals surface area contributed by atoms with E-state index in [2.05, 4.69) is 5.32 Å². The number of piperidine rings is 1. The summed E-state index contributed by atoms with van der Waals surface area (Å²) in [6.45, 7) is 1.75. The Hall–Kier alpha value is -1.61. The Morgan fingerprint density at radius 3 is 2.67 bits per heavy atom. The van der Waals surface area contributed by atoms with Gasteiger partial charge in [0.1, 0.15) is 6.42 Å². The van der Waals surface area contributed by atoms with Crippen molar-refractivity contribution in [2.75, 3.05) is 26.8 Å². The van der Waals surface area contributed by atoms with Crippen LogP contribution in [0.3, 0.4) is 0 Å². The highest BCUT2D eigenvalue weighted by Gasteiger charge is 2.23. The van der Waals surface area contributed by atoms with Crippen LogP contribution < -0.4 is 5.32 Å². The van der Waals surface area contributed by atoms with Gasteiger partial charge in [-0.15, -0.1) is 0 Å². The van der Waals surface area contributed by atoms with E-state index in [4.69, 9.17) is 10.00 Å². The van der Waals surface area contributed by atoms with Gasteiger partial charge in [0.05, 0.1) is 19.1 Å². The molecule has 1 N–H and O–H groups in total. The summed E-state index contributed by atoms with van der Waals surface area (Å²) in [5.74, 6) is -0.139. The van der Waals surface area contributed by atoms with Crippen LogP contribution in [0.2, 0.25) is 0 Å². The van der Waals surface area contributed by atoms with E-state index in [1.165, 1.54) is 0 Å². The number of carbonyl (C=O) groups excluding carboxylic acids is 2. The SMILES string of the molecule is COCCC(=O)N1CCC(NC(=O)CC#N)CC1. The van der Waals surface area contributed by atoms with Crippen molar-refractivity contribution in [2.45, 2.75) is 31.7 Å². The van der Waals surface area contributed by atoms with E-state index < -0.39 is 0 Å². The molecule has 0 atom stereocenters. The number of likely N-dealkylation sites (tertiary alicyclic amines) is 1. The van der Waals surface area contributed by atoms with Crippen LogP contribution in [0.5, 0.6) is 0 Å². The maximum absolute atomic E-state index is 11.7. The number of hydrogen-bond donors (Lipinski definition) is 1. The van der Waals surface area contributed by atoms with Crippen molar-refractivity contribution >= 4 is 11.8 Å². The van der Waals surface area contributed by atoms with Crippen LogP contribution in [0.15, 0.2) is 0 Å². The summed E-state index contributed by atoms with van der Waals surface area (Å²) in [5.41, 5.74) is 0. The molecule has 1 aliphatic heterocycles. The maximum atomic E-state index is 11.7. The van der Waals surface area contributed by atoms with Crippen LogP contribution in [-0.2, 0) is 14.3 Å². The third kappa shape index (κ3) is 4.72. The fourth-order valence-electron chi connectivity index (χ4n) is 1.97. The van der Waals surface area contributed by atoms with E-state index in [9.17, 15) is 9.59 Å². The number of hydrogen-bond acceptors (Lipinski definition) is 4. The molecule has 0 aliphatic carbocycles. The van der Waals surface area contributed by atoms with Crippen molar-refractivity contribution in [1.82, 2.24) is 10.2 Å². The second-order valence-corrected chi connectivity index (χ2v) is 4.30. The second-order valence-electron chi connectivity index (χ2n) is 4.30. The highest BCUT2D eigenvalue weighted by Crippen LogP contribution is 2.11. The number of rotatable bonds is 5. The van der Waals surface area contributed by atoms with E-state index in [1.807, 2.05) is 6.07 Å². The molecular formula is C12H19N3O3. The quantitative estimate of drug-likeness (QED) is 0.750. The fraction of sp³-hybridized carbons (Fsp3) is 0.750. The van der Waals surface area contributed by atoms with Gasteiger partial charge in [-0.2, -0.15) is 5.26 Å². The lowest BCUT2D eigenvalue weighted by Crippen LogP contribution is -2.46. The first kappa shape index (κ1) is 14.5. The Morgan fingerprint density at radius 1 is 1.44 bits per heavy atom. The molecule has 0 aromatic carbocycles. The third-order valence-electron chi connectivity index (χ3n) is 2.97. The minimum absolute atomic E-state index is 0.0809. The standard InChI is InChI=1S/C12H19N3O3/c1-18-9-5-12(17)15-7-3-10(4-8-15)14-11(16)2-6-13/h10H,2-5,7-9H2,1H3,(H,14,16). The molecule has 0 saturated carbocycles. The molecule has 1 aliphatic rings. The number of nitriles is 1. The van der Waals surface area contributed by atoms with Crippen molar-refractivity contribution < 1.29 is 14.3 Å². The third-order valence-corrected chi connectivity index (χ3v) is 2.97. The molecule has 0 bridgehead atoms. The van der Waals surface area contributed by atoms with Crippen molar-refractivity contribution in [3.8, 4) is 6.07 Å². The van der Waals surface area contributed by atoms with Crippen LogP contribution in [0.1, 0.15) is 25.7 Å². The molecule has 2 amide bonds. The second kappa shape index (κ2) is 7.67. The Kier molecular flexibility index (Phi) is 6.15. The van der Waals surface area contributed by atoms with Gasteiger partial charge in [0.15, 0.2) is 0 Å². The largest absolute Gasteiger partial charge is 0.384 e. The number of methoxy groups -OCH3 is 1. The molecule has 1 rings (SSSR count). The summed E-state index contributed by atoms with van der Waals surface area (Å²) >= 11 is 0. The summed E-state index contributed by atoms with van der Waals surface area (Å²) in [6.07, 6.45) is 1.79. The smallest absolute Gasteiger partial charge is 0.234 e. The molecule has 0 spiro atoms. The maximum Gasteiger partial charge on any atom is 0.234 e. The Bertz CT molecular complexity index is 330. The van der Waals surface area contributed by atoms with Gasteiger partial charge in [0, 0.05) is 26.2 Å². The van der Waals surface area contributed by atoms with Gasteiger partial charge in [0.25, 0.3) is 0 Å². The summed E-state index contributed by atoms with van der Waals surface area (Å²) in [6, 6.07) is 1.90. The van der Waals surface area contributed by atoms with E-state index in [0.29, 0.717) is 26.1 Å². The monoisotopic (exact) mass is 253 g/mol. The van der Waals surface area contributed by atoms with Crippen molar-refractivity contribution in [3.63, 3.8) is 0 Å². The topological polar surface area (TPSA) is 82.4 Å². The fourth-order valence-corrected chi connectivity index (χ4v) is 1.97. The number of carbonyl (C=O) groups is 2. The van der Waals surface area contributed by atoms with E-state index >= 15 is 0 Å². The van der Waals surface area contributed by atoms with Gasteiger partial charge < -0.3 is 15.0 Å². The zero-order valence-corrected chi connectivity index (χ0v) is 10.6. The van der Waals surface area contributed by atoms with Crippen molar-refractivity contribution in [2.24, 2.45) is 0 Å². The predicted molar refractivity (Wildman–Crippen MR) is 64.5 cm³/mol. The van der Waals surface area contributed by atoms with Gasteiger partial charge in [-0.25, -0.2) is 0 Å². The molecule has 18 heavy (non-hydrogen) atoms. The molecule has 0 aromatic heterocycles. The van der Waals surface area contributed by atoms with Gasteiger partial charge in [-0.1, -0.05) is 0 Å². The van der Waals surface area contributed by atoms with E-state index in [0.717, 1.165) is 12.8 Å². The van der Waals surface area contributed by atoms with E-state index in [1.54, 1.807) is 12.0 Å². The number of ether oxygens (including phenoxy) is 1. The molecular weight excluding hydrogens is 234 g/mol. The van der Waals surface area contributed by atoms with Crippen LogP contribution in [-0.4, -0.2) is 49.6 Å². The average molecular weight is 253 g/mol. The summed E-state index contributed by atoms with van der Waals surface area (Å²) in [4.78, 5) is 24.7.